The van der Waals surface area contributed by atoms with E-state index < -0.39 is 0 Å². The van der Waals surface area contributed by atoms with Crippen molar-refractivity contribution in [1.82, 2.24) is 4.98 Å². The molecule has 1 heterocycles. The van der Waals surface area contributed by atoms with E-state index in [0.717, 1.165) is 6.42 Å². The summed E-state index contributed by atoms with van der Waals surface area (Å²) in [5, 5.41) is 0. The number of halogens is 1. The second-order valence-corrected chi connectivity index (χ2v) is 4.50. The van der Waals surface area contributed by atoms with Crippen molar-refractivity contribution in [2.24, 2.45) is 0 Å². The molecule has 1 aliphatic carbocycles. The van der Waals surface area contributed by atoms with Gasteiger partial charge in [-0.25, -0.2) is 0 Å². The number of fused-ring (bicyclic) bond motifs is 1. The predicted octanol–water partition coefficient (Wildman–Crippen LogP) is 4.38. The average molecular weight is 258 g/mol. The Kier molecular flexibility index (Phi) is 3.83. The largest absolute Gasteiger partial charge is 0.264 e. The van der Waals surface area contributed by atoms with Gasteiger partial charge >= 0.3 is 0 Å². The van der Waals surface area contributed by atoms with Crippen molar-refractivity contribution in [3.05, 3.63) is 65.5 Å². The highest BCUT2D eigenvalue weighted by molar-refractivity contribution is 5.92. The van der Waals surface area contributed by atoms with E-state index in [2.05, 4.69) is 42.2 Å². The molecule has 0 bridgehead atoms. The lowest BCUT2D eigenvalue weighted by Crippen LogP contribution is -1.86. The Bertz CT molecular complexity index is 573. The molecule has 1 aromatic carbocycles. The van der Waals surface area contributed by atoms with E-state index in [-0.39, 0.29) is 12.4 Å². The fourth-order valence-corrected chi connectivity index (χ4v) is 2.58. The van der Waals surface area contributed by atoms with Crippen LogP contribution in [0.5, 0.6) is 0 Å². The highest BCUT2D eigenvalue weighted by atomic mass is 35.5. The Morgan fingerprint density at radius 2 is 1.89 bits per heavy atom. The van der Waals surface area contributed by atoms with Crippen molar-refractivity contribution in [1.29, 1.82) is 0 Å². The van der Waals surface area contributed by atoms with E-state index in [4.69, 9.17) is 0 Å². The Labute approximate surface area is 114 Å². The molecule has 1 aromatic heterocycles. The van der Waals surface area contributed by atoms with Crippen LogP contribution in [0.25, 0.3) is 11.1 Å². The number of nitrogens with zero attached hydrogens (tertiary/aromatic N) is 1. The summed E-state index contributed by atoms with van der Waals surface area (Å²) >= 11 is 0. The van der Waals surface area contributed by atoms with E-state index in [1.54, 1.807) is 0 Å². The first-order valence-corrected chi connectivity index (χ1v) is 6.04. The highest BCUT2D eigenvalue weighted by Crippen LogP contribution is 2.37. The van der Waals surface area contributed by atoms with E-state index in [1.807, 2.05) is 18.5 Å². The maximum absolute atomic E-state index is 4.20. The van der Waals surface area contributed by atoms with Gasteiger partial charge in [0.25, 0.3) is 0 Å². The fraction of sp³-hybridized carbons (Fsp3) is 0.188. The Morgan fingerprint density at radius 3 is 2.67 bits per heavy atom. The Morgan fingerprint density at radius 1 is 1.06 bits per heavy atom. The lowest BCUT2D eigenvalue weighted by Gasteiger charge is -2.07. The molecule has 0 aliphatic heterocycles. The SMILES string of the molecule is C/C(=C1/CCc2ccccc21)c1cccnc1.Cl. The van der Waals surface area contributed by atoms with Gasteiger partial charge in [0.05, 0.1) is 0 Å². The molecule has 0 spiro atoms. The summed E-state index contributed by atoms with van der Waals surface area (Å²) in [6.45, 7) is 2.20. The fourth-order valence-electron chi connectivity index (χ4n) is 2.58. The molecule has 1 aliphatic rings. The lowest BCUT2D eigenvalue weighted by molar-refractivity contribution is 1.08. The Hall–Kier alpha value is -1.60. The third-order valence-electron chi connectivity index (χ3n) is 3.53. The molecule has 0 unspecified atom stereocenters. The first-order valence-electron chi connectivity index (χ1n) is 6.04. The highest BCUT2D eigenvalue weighted by Gasteiger charge is 2.17. The van der Waals surface area contributed by atoms with Gasteiger partial charge in [-0.3, -0.25) is 4.98 Å². The van der Waals surface area contributed by atoms with Crippen LogP contribution >= 0.6 is 12.4 Å². The van der Waals surface area contributed by atoms with Crippen molar-refractivity contribution >= 4 is 23.6 Å². The van der Waals surface area contributed by atoms with Crippen LogP contribution in [0.1, 0.15) is 30.0 Å². The molecule has 0 amide bonds. The minimum atomic E-state index is 0. The molecular formula is C16H16ClN. The van der Waals surface area contributed by atoms with Gasteiger partial charge in [0.1, 0.15) is 0 Å². The zero-order valence-corrected chi connectivity index (χ0v) is 11.2. The Balaban J connectivity index is 0.00000120. The van der Waals surface area contributed by atoms with Crippen molar-refractivity contribution < 1.29 is 0 Å². The molecule has 18 heavy (non-hydrogen) atoms. The molecule has 2 aromatic rings. The molecule has 0 saturated heterocycles. The average Bonchev–Trinajstić information content (AvgIpc) is 2.83. The topological polar surface area (TPSA) is 12.9 Å². The van der Waals surface area contributed by atoms with Gasteiger partial charge in [-0.1, -0.05) is 30.3 Å². The molecule has 1 nitrogen and oxygen atoms in total. The number of pyridine rings is 1. The van der Waals surface area contributed by atoms with Crippen molar-refractivity contribution in [3.8, 4) is 0 Å². The number of allylic oxidation sites excluding steroid dienone is 2. The summed E-state index contributed by atoms with van der Waals surface area (Å²) < 4.78 is 0. The quantitative estimate of drug-likeness (QED) is 0.739. The third-order valence-corrected chi connectivity index (χ3v) is 3.53. The first-order chi connectivity index (χ1) is 8.36. The summed E-state index contributed by atoms with van der Waals surface area (Å²) in [4.78, 5) is 4.20. The monoisotopic (exact) mass is 257 g/mol. The van der Waals surface area contributed by atoms with Crippen LogP contribution in [0.4, 0.5) is 0 Å². The second kappa shape index (κ2) is 5.36. The van der Waals surface area contributed by atoms with Crippen LogP contribution in [0.2, 0.25) is 0 Å². The molecule has 0 radical (unpaired) electrons. The smallest absolute Gasteiger partial charge is 0.0343 e. The third kappa shape index (κ3) is 2.19. The summed E-state index contributed by atoms with van der Waals surface area (Å²) in [7, 11) is 0. The van der Waals surface area contributed by atoms with Crippen molar-refractivity contribution in [2.75, 3.05) is 0 Å². The standard InChI is InChI=1S/C16H15N.ClH/c1-12(14-6-4-10-17-11-14)15-9-8-13-5-2-3-7-16(13)15;/h2-7,10-11H,8-9H2,1H3;1H/b15-12+;. The van der Waals surface area contributed by atoms with E-state index in [1.165, 1.54) is 34.3 Å². The number of aromatic nitrogens is 1. The minimum absolute atomic E-state index is 0. The maximum atomic E-state index is 4.20. The zero-order valence-electron chi connectivity index (χ0n) is 10.4. The summed E-state index contributed by atoms with van der Waals surface area (Å²) in [6, 6.07) is 12.9. The molecule has 3 rings (SSSR count). The van der Waals surface area contributed by atoms with Crippen LogP contribution in [-0.4, -0.2) is 4.98 Å². The molecule has 0 N–H and O–H groups in total. The zero-order chi connectivity index (χ0) is 11.7. The van der Waals surface area contributed by atoms with Gasteiger partial charge in [-0.15, -0.1) is 12.4 Å². The molecule has 0 atom stereocenters. The van der Waals surface area contributed by atoms with E-state index in [0.29, 0.717) is 0 Å². The number of hydrogen-bond donors (Lipinski definition) is 0. The van der Waals surface area contributed by atoms with Gasteiger partial charge in [-0.05, 0) is 53.7 Å². The van der Waals surface area contributed by atoms with E-state index in [9.17, 15) is 0 Å². The van der Waals surface area contributed by atoms with Crippen LogP contribution in [0, 0.1) is 0 Å². The van der Waals surface area contributed by atoms with Crippen LogP contribution in [-0.2, 0) is 6.42 Å². The number of rotatable bonds is 1. The van der Waals surface area contributed by atoms with E-state index >= 15 is 0 Å². The van der Waals surface area contributed by atoms with Crippen molar-refractivity contribution in [2.45, 2.75) is 19.8 Å². The van der Waals surface area contributed by atoms with Gasteiger partial charge in [0.2, 0.25) is 0 Å². The van der Waals surface area contributed by atoms with Crippen LogP contribution in [0.3, 0.4) is 0 Å². The summed E-state index contributed by atoms with van der Waals surface area (Å²) in [5.74, 6) is 0. The number of hydrogen-bond acceptors (Lipinski definition) is 1. The summed E-state index contributed by atoms with van der Waals surface area (Å²) in [5.41, 5.74) is 6.98. The van der Waals surface area contributed by atoms with Gasteiger partial charge in [-0.2, -0.15) is 0 Å². The van der Waals surface area contributed by atoms with Gasteiger partial charge in [0, 0.05) is 12.4 Å². The number of benzene rings is 1. The second-order valence-electron chi connectivity index (χ2n) is 4.50. The molecule has 2 heteroatoms. The van der Waals surface area contributed by atoms with Crippen LogP contribution in [0.15, 0.2) is 48.8 Å². The normalized spacial score (nSPS) is 15.8. The maximum Gasteiger partial charge on any atom is 0.0343 e. The predicted molar refractivity (Wildman–Crippen MR) is 78.7 cm³/mol. The lowest BCUT2D eigenvalue weighted by atomic mass is 9.98. The molecular weight excluding hydrogens is 242 g/mol. The van der Waals surface area contributed by atoms with Gasteiger partial charge in [0.15, 0.2) is 0 Å². The van der Waals surface area contributed by atoms with Gasteiger partial charge < -0.3 is 0 Å². The number of aryl methyl sites for hydroxylation is 1. The molecule has 92 valence electrons. The summed E-state index contributed by atoms with van der Waals surface area (Å²) in [6.07, 6.45) is 6.09. The van der Waals surface area contributed by atoms with Crippen LogP contribution < -0.4 is 0 Å². The minimum Gasteiger partial charge on any atom is -0.264 e. The molecule has 0 saturated carbocycles. The first kappa shape index (κ1) is 12.8. The van der Waals surface area contributed by atoms with Crippen molar-refractivity contribution in [3.63, 3.8) is 0 Å². The molecule has 0 fully saturated rings.